The molecule has 0 saturated heterocycles. The predicted octanol–water partition coefficient (Wildman–Crippen LogP) is 0.136. The number of nitrogens with one attached hydrogen (secondary N) is 1. The van der Waals surface area contributed by atoms with Crippen molar-refractivity contribution in [3.05, 3.63) is 28.1 Å². The molecule has 0 aromatic carbocycles. The predicted molar refractivity (Wildman–Crippen MR) is 56.6 cm³/mol. The van der Waals surface area contributed by atoms with E-state index in [1.165, 1.54) is 24.7 Å². The third-order valence-corrected chi connectivity index (χ3v) is 2.15. The fourth-order valence-corrected chi connectivity index (χ4v) is 1.20. The van der Waals surface area contributed by atoms with Gasteiger partial charge in [-0.3, -0.25) is 19.7 Å². The zero-order valence-electron chi connectivity index (χ0n) is 9.21. The molecule has 0 saturated carbocycles. The smallest absolute Gasteiger partial charge is 0.325 e. The zero-order chi connectivity index (χ0) is 13.2. The first kappa shape index (κ1) is 12.7. The van der Waals surface area contributed by atoms with Gasteiger partial charge in [0.2, 0.25) is 0 Å². The number of hydrogen-bond acceptors (Lipinski definition) is 4. The molecule has 1 atom stereocenters. The Balaban J connectivity index is 2.89. The Kier molecular flexibility index (Phi) is 3.46. The summed E-state index contributed by atoms with van der Waals surface area (Å²) in [6.45, 7) is 1.30. The monoisotopic (exact) mass is 241 g/mol. The Hall–Kier alpha value is -2.38. The van der Waals surface area contributed by atoms with E-state index in [4.69, 9.17) is 5.11 Å². The van der Waals surface area contributed by atoms with Crippen LogP contribution in [0.25, 0.3) is 0 Å². The number of carboxylic acids is 1. The van der Waals surface area contributed by atoms with Crippen LogP contribution in [0.2, 0.25) is 0 Å². The first-order valence-electron chi connectivity index (χ1n) is 4.67. The van der Waals surface area contributed by atoms with Crippen molar-refractivity contribution in [3.63, 3.8) is 0 Å². The third kappa shape index (κ3) is 2.80. The number of amides is 1. The number of nitro groups is 1. The van der Waals surface area contributed by atoms with Crippen LogP contribution in [0.4, 0.5) is 5.69 Å². The van der Waals surface area contributed by atoms with E-state index in [0.717, 1.165) is 6.07 Å². The highest BCUT2D eigenvalue weighted by molar-refractivity contribution is 5.95. The van der Waals surface area contributed by atoms with Crippen molar-refractivity contribution in [2.75, 3.05) is 0 Å². The van der Waals surface area contributed by atoms with Gasteiger partial charge in [-0.2, -0.15) is 0 Å². The van der Waals surface area contributed by atoms with Crippen molar-refractivity contribution in [1.82, 2.24) is 9.88 Å². The molecular weight excluding hydrogens is 230 g/mol. The van der Waals surface area contributed by atoms with E-state index in [-0.39, 0.29) is 11.4 Å². The lowest BCUT2D eigenvalue weighted by Gasteiger charge is -2.08. The van der Waals surface area contributed by atoms with Gasteiger partial charge in [0.25, 0.3) is 11.6 Å². The number of hydrogen-bond donors (Lipinski definition) is 2. The molecule has 0 aliphatic rings. The number of nitrogens with zero attached hydrogens (tertiary/aromatic N) is 2. The SMILES string of the molecule is C[C@H](NC(=O)c1cc([N+](=O)[O-])cn1C)C(=O)O. The molecule has 0 aliphatic carbocycles. The second-order valence-electron chi connectivity index (χ2n) is 3.48. The number of aliphatic carboxylic acids is 1. The Labute approximate surface area is 96.0 Å². The quantitative estimate of drug-likeness (QED) is 0.574. The Morgan fingerprint density at radius 3 is 2.59 bits per heavy atom. The van der Waals surface area contributed by atoms with Crippen molar-refractivity contribution in [1.29, 1.82) is 0 Å². The summed E-state index contributed by atoms with van der Waals surface area (Å²) in [5.41, 5.74) is -0.189. The van der Waals surface area contributed by atoms with Gasteiger partial charge in [-0.05, 0) is 6.92 Å². The average Bonchev–Trinajstić information content (AvgIpc) is 2.60. The summed E-state index contributed by atoms with van der Waals surface area (Å²) in [5.74, 6) is -1.85. The first-order valence-corrected chi connectivity index (χ1v) is 4.67. The maximum Gasteiger partial charge on any atom is 0.325 e. The highest BCUT2D eigenvalue weighted by Gasteiger charge is 2.20. The van der Waals surface area contributed by atoms with E-state index in [1.54, 1.807) is 0 Å². The van der Waals surface area contributed by atoms with Gasteiger partial charge in [0.1, 0.15) is 11.7 Å². The number of rotatable bonds is 4. The fraction of sp³-hybridized carbons (Fsp3) is 0.333. The minimum atomic E-state index is -1.18. The van der Waals surface area contributed by atoms with Gasteiger partial charge in [0.05, 0.1) is 11.1 Å². The standard InChI is InChI=1S/C9H11N3O5/c1-5(9(14)15)10-8(13)7-3-6(12(16)17)4-11(7)2/h3-5H,1-2H3,(H,10,13)(H,14,15)/t5-/m0/s1. The highest BCUT2D eigenvalue weighted by atomic mass is 16.6. The molecule has 1 amide bonds. The Morgan fingerprint density at radius 1 is 1.59 bits per heavy atom. The molecule has 2 N–H and O–H groups in total. The van der Waals surface area contributed by atoms with Crippen LogP contribution in [0.15, 0.2) is 12.3 Å². The van der Waals surface area contributed by atoms with Crippen molar-refractivity contribution in [3.8, 4) is 0 Å². The maximum absolute atomic E-state index is 11.6. The van der Waals surface area contributed by atoms with Crippen molar-refractivity contribution < 1.29 is 19.6 Å². The van der Waals surface area contributed by atoms with Gasteiger partial charge in [-0.25, -0.2) is 0 Å². The molecule has 1 rings (SSSR count). The number of aromatic nitrogens is 1. The molecule has 1 aromatic rings. The van der Waals surface area contributed by atoms with Gasteiger partial charge < -0.3 is 15.0 Å². The van der Waals surface area contributed by atoms with E-state index in [2.05, 4.69) is 5.32 Å². The zero-order valence-corrected chi connectivity index (χ0v) is 9.21. The Morgan fingerprint density at radius 2 is 2.18 bits per heavy atom. The normalized spacial score (nSPS) is 11.9. The van der Waals surface area contributed by atoms with Crippen LogP contribution < -0.4 is 5.32 Å². The topological polar surface area (TPSA) is 114 Å². The molecule has 17 heavy (non-hydrogen) atoms. The van der Waals surface area contributed by atoms with Crippen LogP contribution in [0.3, 0.4) is 0 Å². The molecule has 92 valence electrons. The minimum Gasteiger partial charge on any atom is -0.480 e. The summed E-state index contributed by atoms with van der Waals surface area (Å²) in [6, 6.07) is 0.0284. The summed E-state index contributed by atoms with van der Waals surface area (Å²) in [4.78, 5) is 32.0. The number of carboxylic acid groups (broad SMARTS) is 1. The van der Waals surface area contributed by atoms with Crippen LogP contribution in [0.5, 0.6) is 0 Å². The van der Waals surface area contributed by atoms with Crippen LogP contribution >= 0.6 is 0 Å². The molecule has 0 aliphatic heterocycles. The van der Waals surface area contributed by atoms with Gasteiger partial charge in [0.15, 0.2) is 0 Å². The molecule has 0 radical (unpaired) electrons. The van der Waals surface area contributed by atoms with Crippen LogP contribution in [0, 0.1) is 10.1 Å². The lowest BCUT2D eigenvalue weighted by molar-refractivity contribution is -0.384. The average molecular weight is 241 g/mol. The third-order valence-electron chi connectivity index (χ3n) is 2.15. The second kappa shape index (κ2) is 4.64. The van der Waals surface area contributed by atoms with Crippen molar-refractivity contribution >= 4 is 17.6 Å². The largest absolute Gasteiger partial charge is 0.480 e. The number of carbonyl (C=O) groups excluding carboxylic acids is 1. The van der Waals surface area contributed by atoms with Gasteiger partial charge >= 0.3 is 5.97 Å². The van der Waals surface area contributed by atoms with Crippen LogP contribution in [-0.4, -0.2) is 32.5 Å². The second-order valence-corrected chi connectivity index (χ2v) is 3.48. The molecule has 8 heteroatoms. The molecule has 1 heterocycles. The van der Waals surface area contributed by atoms with Crippen molar-refractivity contribution in [2.45, 2.75) is 13.0 Å². The van der Waals surface area contributed by atoms with Gasteiger partial charge in [0, 0.05) is 13.1 Å². The highest BCUT2D eigenvalue weighted by Crippen LogP contribution is 2.15. The first-order chi connectivity index (χ1) is 7.82. The fourth-order valence-electron chi connectivity index (χ4n) is 1.20. The molecule has 0 bridgehead atoms. The molecule has 0 spiro atoms. The summed E-state index contributed by atoms with van der Waals surface area (Å²) in [6.07, 6.45) is 1.18. The van der Waals surface area contributed by atoms with E-state index in [9.17, 15) is 19.7 Å². The summed E-state index contributed by atoms with van der Waals surface area (Å²) >= 11 is 0. The molecule has 0 fully saturated rings. The number of aryl methyl sites for hydroxylation is 1. The van der Waals surface area contributed by atoms with Gasteiger partial charge in [-0.1, -0.05) is 0 Å². The molecule has 0 unspecified atom stereocenters. The van der Waals surface area contributed by atoms with Crippen LogP contribution in [0.1, 0.15) is 17.4 Å². The minimum absolute atomic E-state index is 0.0322. The Bertz CT molecular complexity index is 479. The lowest BCUT2D eigenvalue weighted by Crippen LogP contribution is -2.38. The van der Waals surface area contributed by atoms with E-state index >= 15 is 0 Å². The molecular formula is C9H11N3O5. The van der Waals surface area contributed by atoms with E-state index < -0.39 is 22.8 Å². The van der Waals surface area contributed by atoms with Crippen molar-refractivity contribution in [2.24, 2.45) is 7.05 Å². The molecule has 1 aromatic heterocycles. The maximum atomic E-state index is 11.6. The van der Waals surface area contributed by atoms with E-state index in [0.29, 0.717) is 0 Å². The van der Waals surface area contributed by atoms with E-state index in [1.807, 2.05) is 0 Å². The van der Waals surface area contributed by atoms with Crippen LogP contribution in [-0.2, 0) is 11.8 Å². The van der Waals surface area contributed by atoms with Gasteiger partial charge in [-0.15, -0.1) is 0 Å². The molecule has 8 nitrogen and oxygen atoms in total. The number of carbonyl (C=O) groups is 2. The lowest BCUT2D eigenvalue weighted by atomic mass is 10.3. The summed E-state index contributed by atoms with van der Waals surface area (Å²) in [5, 5.41) is 21.3. The summed E-state index contributed by atoms with van der Waals surface area (Å²) in [7, 11) is 1.47. The summed E-state index contributed by atoms with van der Waals surface area (Å²) < 4.78 is 1.27.